The van der Waals surface area contributed by atoms with Crippen LogP contribution >= 0.6 is 62.3 Å². The van der Waals surface area contributed by atoms with Crippen molar-refractivity contribution in [3.63, 3.8) is 0 Å². The lowest BCUT2D eigenvalue weighted by atomic mass is 9.77. The second-order valence-corrected chi connectivity index (χ2v) is 26.5. The van der Waals surface area contributed by atoms with Gasteiger partial charge in [-0.2, -0.15) is 25.5 Å². The van der Waals surface area contributed by atoms with Crippen LogP contribution in [0.2, 0.25) is 20.1 Å². The Morgan fingerprint density at radius 2 is 1.13 bits per heavy atom. The van der Waals surface area contributed by atoms with Gasteiger partial charge in [-0.05, 0) is 142 Å². The van der Waals surface area contributed by atoms with Crippen molar-refractivity contribution in [2.45, 2.75) is 82.5 Å². The van der Waals surface area contributed by atoms with Crippen molar-refractivity contribution in [2.75, 3.05) is 83.6 Å². The molecule has 8 N–H and O–H groups in total. The second kappa shape index (κ2) is 28.8. The summed E-state index contributed by atoms with van der Waals surface area (Å²) < 4.78 is 16.6. The SMILES string of the molecule is CN1CC2(CCN(c3cc(Cl)cc4[nH]ncc34)CC2)CC1=O.COC(C)c1cc(Cl)cc2[nH]ncc12.COCCc1cc(Cl)cc2[nH]ncc12.O=C1NC(=O)C2(CCN(c3cc(Br)cc4[nH]ncc34)CC2)N1.OC(CC1CCOCC1)c1cc(Cl)cc2[nH]ncc12. The molecule has 0 aliphatic carbocycles. The van der Waals surface area contributed by atoms with Gasteiger partial charge in [0, 0.05) is 142 Å². The van der Waals surface area contributed by atoms with Gasteiger partial charge >= 0.3 is 6.03 Å². The predicted octanol–water partition coefficient (Wildman–Crippen LogP) is 12.6. The smallest absolute Gasteiger partial charge is 0.322 e. The summed E-state index contributed by atoms with van der Waals surface area (Å²) in [5.74, 6) is 0.595. The molecule has 5 saturated heterocycles. The van der Waals surface area contributed by atoms with E-state index in [1.54, 1.807) is 26.6 Å². The van der Waals surface area contributed by atoms with Crippen LogP contribution in [0.4, 0.5) is 16.2 Å². The fraction of sp³-hybridized carbons (Fsp3) is 0.406. The number of ether oxygens (including phenoxy) is 3. The van der Waals surface area contributed by atoms with Gasteiger partial charge in [0.1, 0.15) is 5.54 Å². The summed E-state index contributed by atoms with van der Waals surface area (Å²) in [5.41, 5.74) is 9.48. The molecule has 0 bridgehead atoms. The number of piperidine rings is 2. The third-order valence-electron chi connectivity index (χ3n) is 18.0. The number of urea groups is 1. The first-order valence-electron chi connectivity index (χ1n) is 30.2. The Bertz CT molecular complexity index is 4190. The summed E-state index contributed by atoms with van der Waals surface area (Å²) in [5, 5.41) is 58.5. The van der Waals surface area contributed by atoms with Crippen LogP contribution in [0.5, 0.6) is 0 Å². The molecule has 480 valence electrons. The number of anilines is 2. The number of amides is 4. The van der Waals surface area contributed by atoms with Gasteiger partial charge in [-0.3, -0.25) is 40.4 Å². The highest BCUT2D eigenvalue weighted by Crippen LogP contribution is 2.43. The van der Waals surface area contributed by atoms with Crippen LogP contribution in [0.25, 0.3) is 54.5 Å². The maximum absolute atomic E-state index is 12.0. The molecule has 10 heterocycles. The number of nitrogens with zero attached hydrogens (tertiary/aromatic N) is 8. The van der Waals surface area contributed by atoms with Crippen molar-refractivity contribution >= 4 is 146 Å². The fourth-order valence-corrected chi connectivity index (χ4v) is 14.3. The van der Waals surface area contributed by atoms with Crippen molar-refractivity contribution < 1.29 is 33.7 Å². The molecule has 5 aliphatic rings. The molecular formula is C64H72BrCl4N15O7. The first-order chi connectivity index (χ1) is 43.9. The first-order valence-corrected chi connectivity index (χ1v) is 32.5. The highest BCUT2D eigenvalue weighted by molar-refractivity contribution is 9.10. The number of benzene rings is 5. The number of nitrogens with one attached hydrogen (secondary N) is 7. The number of fused-ring (bicyclic) bond motifs is 5. The van der Waals surface area contributed by atoms with E-state index in [4.69, 9.17) is 60.6 Å². The van der Waals surface area contributed by atoms with Crippen LogP contribution < -0.4 is 20.4 Å². The summed E-state index contributed by atoms with van der Waals surface area (Å²) in [6.07, 6.45) is 16.2. The van der Waals surface area contributed by atoms with Crippen LogP contribution in [0.1, 0.15) is 87.2 Å². The summed E-state index contributed by atoms with van der Waals surface area (Å²) in [7, 11) is 5.28. The van der Waals surface area contributed by atoms with E-state index < -0.39 is 17.7 Å². The van der Waals surface area contributed by atoms with Crippen molar-refractivity contribution in [1.82, 2.24) is 66.5 Å². The molecule has 4 amide bonds. The Kier molecular flexibility index (Phi) is 20.7. The fourth-order valence-electron chi connectivity index (χ4n) is 12.9. The van der Waals surface area contributed by atoms with Crippen molar-refractivity contribution in [1.29, 1.82) is 0 Å². The van der Waals surface area contributed by atoms with Gasteiger partial charge < -0.3 is 39.3 Å². The maximum Gasteiger partial charge on any atom is 0.322 e. The Balaban J connectivity index is 0.000000118. The van der Waals surface area contributed by atoms with E-state index in [1.807, 2.05) is 92.1 Å². The molecule has 2 unspecified atom stereocenters. The van der Waals surface area contributed by atoms with Gasteiger partial charge in [-0.25, -0.2) is 4.79 Å². The predicted molar refractivity (Wildman–Crippen MR) is 359 cm³/mol. The van der Waals surface area contributed by atoms with Gasteiger partial charge in [-0.1, -0.05) is 62.3 Å². The number of aliphatic hydroxyl groups excluding tert-OH is 1. The highest BCUT2D eigenvalue weighted by Gasteiger charge is 2.48. The summed E-state index contributed by atoms with van der Waals surface area (Å²) in [4.78, 5) is 41.7. The zero-order valence-corrected chi connectivity index (χ0v) is 55.4. The number of halogens is 5. The molecule has 0 saturated carbocycles. The number of carbonyl (C=O) groups excluding carboxylic acids is 3. The number of carbonyl (C=O) groups is 3. The molecule has 5 aliphatic heterocycles. The van der Waals surface area contributed by atoms with Crippen molar-refractivity contribution in [2.24, 2.45) is 11.3 Å². The monoisotopic (exact) mass is 1380 g/mol. The number of methoxy groups -OCH3 is 2. The molecule has 5 fully saturated rings. The summed E-state index contributed by atoms with van der Waals surface area (Å²) >= 11 is 27.8. The van der Waals surface area contributed by atoms with E-state index >= 15 is 0 Å². The molecule has 2 spiro atoms. The van der Waals surface area contributed by atoms with Crippen LogP contribution in [0.3, 0.4) is 0 Å². The van der Waals surface area contributed by atoms with Crippen LogP contribution in [0, 0.1) is 11.3 Å². The second-order valence-electron chi connectivity index (χ2n) is 23.9. The van der Waals surface area contributed by atoms with Crippen LogP contribution in [-0.2, 0) is 30.2 Å². The molecule has 0 radical (unpaired) electrons. The molecule has 5 aromatic heterocycles. The maximum atomic E-state index is 12.0. The lowest BCUT2D eigenvalue weighted by Gasteiger charge is -2.40. The molecule has 10 aromatic rings. The normalized spacial score (nSPS) is 17.8. The number of hydrogen-bond acceptors (Lipinski definition) is 14. The number of aromatic nitrogens is 10. The Hall–Kier alpha value is -7.06. The lowest BCUT2D eigenvalue weighted by molar-refractivity contribution is -0.127. The van der Waals surface area contributed by atoms with Gasteiger partial charge in [0.25, 0.3) is 5.91 Å². The average Bonchev–Trinajstić information content (AvgIpc) is 1.82. The lowest BCUT2D eigenvalue weighted by Crippen LogP contribution is -2.54. The van der Waals surface area contributed by atoms with E-state index in [1.165, 1.54) is 5.56 Å². The van der Waals surface area contributed by atoms with Gasteiger partial charge in [0.15, 0.2) is 0 Å². The number of likely N-dealkylation sites (tertiary alicyclic amines) is 1. The van der Waals surface area contributed by atoms with Gasteiger partial charge in [0.2, 0.25) is 5.91 Å². The molecule has 5 aromatic carbocycles. The minimum absolute atomic E-state index is 0.0220. The number of aromatic amines is 5. The standard InChI is InChI=1S/C16H19ClN4O.C14H14BrN5O2.C14H17ClN2O2.2C10H11ClN2O/c1-20-10-16(8-15(20)22)2-4-21(5-3-16)14-7-11(17)6-13-12(14)9-18-19-13;15-8-5-10-9(7-16-19-10)11(6-8)20-3-1-14(2-4-20)12(21)17-13(22)18-14;15-10-6-11(12-8-16-17-13(12)7-10)14(18)5-9-1-3-19-4-2-9;1-6(14-2)8-3-7(11)4-10-9(8)5-12-13-10;1-14-3-2-7-4-8(11)5-10-9(7)6-12-13-10/h6-7,9H,2-5,8,10H2,1H3,(H,18,19);5-7H,1-4H2,(H,16,19)(H2,17,18,21,22);6-9,14,18H,1-5H2,(H,16,17);3-6H,1-2H3,(H,12,13);4-6H,2-3H2,1H3,(H,12,13). The van der Waals surface area contributed by atoms with Crippen LogP contribution in [0.15, 0.2) is 96.1 Å². The van der Waals surface area contributed by atoms with Gasteiger partial charge in [-0.15, -0.1) is 0 Å². The van der Waals surface area contributed by atoms with E-state index in [-0.39, 0.29) is 23.3 Å². The van der Waals surface area contributed by atoms with Gasteiger partial charge in [0.05, 0.1) is 77.4 Å². The minimum Gasteiger partial charge on any atom is -0.388 e. The Morgan fingerprint density at radius 3 is 1.67 bits per heavy atom. The number of hydrogen-bond donors (Lipinski definition) is 8. The highest BCUT2D eigenvalue weighted by atomic mass is 79.9. The number of H-pyrrole nitrogens is 5. The van der Waals surface area contributed by atoms with E-state index in [2.05, 4.69) is 93.4 Å². The van der Waals surface area contributed by atoms with E-state index in [0.717, 1.165) is 163 Å². The Morgan fingerprint density at radius 1 is 0.648 bits per heavy atom. The van der Waals surface area contributed by atoms with Crippen LogP contribution in [-0.4, -0.2) is 158 Å². The third kappa shape index (κ3) is 15.1. The largest absolute Gasteiger partial charge is 0.388 e. The summed E-state index contributed by atoms with van der Waals surface area (Å²) in [6, 6.07) is 18.8. The van der Waals surface area contributed by atoms with Crippen molar-refractivity contribution in [3.05, 3.63) is 133 Å². The third-order valence-corrected chi connectivity index (χ3v) is 19.3. The van der Waals surface area contributed by atoms with E-state index in [9.17, 15) is 19.5 Å². The molecule has 91 heavy (non-hydrogen) atoms. The molecule has 15 rings (SSSR count). The molecule has 27 heteroatoms. The number of aliphatic hydroxyl groups is 1. The topological polar surface area (TPSA) is 276 Å². The summed E-state index contributed by atoms with van der Waals surface area (Å²) in [6.45, 7) is 8.50. The zero-order chi connectivity index (χ0) is 64.0. The average molecular weight is 1390 g/mol. The first kappa shape index (κ1) is 65.4. The quantitative estimate of drug-likeness (QED) is 0.0592. The molecular weight excluding hydrogens is 1310 g/mol. The number of rotatable bonds is 10. The zero-order valence-electron chi connectivity index (χ0n) is 50.8. The van der Waals surface area contributed by atoms with Crippen molar-refractivity contribution in [3.8, 4) is 0 Å². The molecule has 22 nitrogen and oxygen atoms in total. The Labute approximate surface area is 553 Å². The van der Waals surface area contributed by atoms with E-state index in [0.29, 0.717) is 54.9 Å². The number of imide groups is 1. The molecule has 2 atom stereocenters. The minimum atomic E-state index is -0.741.